The topological polar surface area (TPSA) is 78.5 Å². The summed E-state index contributed by atoms with van der Waals surface area (Å²) in [5.74, 6) is 0.0656. The highest BCUT2D eigenvalue weighted by atomic mass is 32.2. The summed E-state index contributed by atoms with van der Waals surface area (Å²) in [5, 5.41) is 5.60. The molecule has 3 rings (SSSR count). The van der Waals surface area contributed by atoms with Gasteiger partial charge in [-0.3, -0.25) is 14.5 Å². The van der Waals surface area contributed by atoms with Crippen LogP contribution in [0.5, 0.6) is 0 Å². The first-order valence-electron chi connectivity index (χ1n) is 8.22. The van der Waals surface area contributed by atoms with Gasteiger partial charge in [-0.2, -0.15) is 0 Å². The summed E-state index contributed by atoms with van der Waals surface area (Å²) in [5.41, 5.74) is 1.02. The number of hydrogen-bond acceptors (Lipinski definition) is 4. The van der Waals surface area contributed by atoms with Gasteiger partial charge in [-0.1, -0.05) is 54.9 Å². The first-order valence-corrected chi connectivity index (χ1v) is 9.21. The lowest BCUT2D eigenvalue weighted by atomic mass is 9.89. The first kappa shape index (κ1) is 16.8. The Labute approximate surface area is 145 Å². The Balaban J connectivity index is 1.58. The average molecular weight is 347 g/mol. The van der Waals surface area contributed by atoms with Gasteiger partial charge in [0.1, 0.15) is 0 Å². The van der Waals surface area contributed by atoms with E-state index in [4.69, 9.17) is 0 Å². The molecule has 0 spiro atoms. The van der Waals surface area contributed by atoms with Crippen molar-refractivity contribution >= 4 is 28.9 Å². The number of urea groups is 1. The highest BCUT2D eigenvalue weighted by molar-refractivity contribution is 8.14. The smallest absolute Gasteiger partial charge is 0.315 e. The molecule has 128 valence electrons. The van der Waals surface area contributed by atoms with Crippen molar-refractivity contribution in [1.82, 2.24) is 15.5 Å². The van der Waals surface area contributed by atoms with Crippen molar-refractivity contribution in [3.05, 3.63) is 35.9 Å². The summed E-state index contributed by atoms with van der Waals surface area (Å²) < 4.78 is 0. The lowest BCUT2D eigenvalue weighted by Gasteiger charge is -2.36. The zero-order valence-electron chi connectivity index (χ0n) is 13.4. The van der Waals surface area contributed by atoms with Crippen LogP contribution < -0.4 is 10.6 Å². The number of nitrogens with one attached hydrogen (secondary N) is 2. The Hall–Kier alpha value is -2.02. The summed E-state index contributed by atoms with van der Waals surface area (Å²) in [6.07, 6.45) is 3.49. The molecule has 1 aromatic rings. The molecule has 1 aliphatic heterocycles. The molecule has 2 N–H and O–H groups in total. The van der Waals surface area contributed by atoms with E-state index in [0.29, 0.717) is 6.54 Å². The van der Waals surface area contributed by atoms with Gasteiger partial charge in [0.2, 0.25) is 5.91 Å². The van der Waals surface area contributed by atoms with Gasteiger partial charge in [0.15, 0.2) is 0 Å². The number of benzene rings is 1. The number of thioether (sulfide) groups is 1. The fourth-order valence-electron chi connectivity index (χ4n) is 3.27. The number of carbonyl (C=O) groups is 3. The van der Waals surface area contributed by atoms with E-state index in [-0.39, 0.29) is 35.0 Å². The maximum absolute atomic E-state index is 12.2. The summed E-state index contributed by atoms with van der Waals surface area (Å²) in [6, 6.07) is 9.01. The molecule has 1 saturated heterocycles. The zero-order valence-corrected chi connectivity index (χ0v) is 14.2. The van der Waals surface area contributed by atoms with Crippen LogP contribution in [0.2, 0.25) is 0 Å². The van der Waals surface area contributed by atoms with E-state index in [1.165, 1.54) is 4.90 Å². The van der Waals surface area contributed by atoms with Gasteiger partial charge in [-0.15, -0.1) is 0 Å². The molecule has 0 aromatic heterocycles. The first-order chi connectivity index (χ1) is 11.6. The number of amides is 4. The average Bonchev–Trinajstić information content (AvgIpc) is 2.93. The quantitative estimate of drug-likeness (QED) is 0.877. The fraction of sp³-hybridized carbons (Fsp3) is 0.471. The van der Waals surface area contributed by atoms with E-state index in [2.05, 4.69) is 10.6 Å². The molecule has 1 heterocycles. The SMILES string of the molecule is O=C(NCc1ccccc1)N[C@H]1CCCC[C@@H]1N1C(=O)CSC1=O. The van der Waals surface area contributed by atoms with Gasteiger partial charge in [-0.05, 0) is 18.4 Å². The van der Waals surface area contributed by atoms with Gasteiger partial charge < -0.3 is 10.6 Å². The van der Waals surface area contributed by atoms with E-state index in [0.717, 1.165) is 43.0 Å². The normalized spacial score (nSPS) is 24.1. The molecule has 1 saturated carbocycles. The van der Waals surface area contributed by atoms with Crippen molar-refractivity contribution in [3.63, 3.8) is 0 Å². The monoisotopic (exact) mass is 347 g/mol. The Bertz CT molecular complexity index is 607. The Morgan fingerprint density at radius 2 is 1.92 bits per heavy atom. The highest BCUT2D eigenvalue weighted by Gasteiger charge is 2.41. The highest BCUT2D eigenvalue weighted by Crippen LogP contribution is 2.30. The van der Waals surface area contributed by atoms with Crippen LogP contribution in [-0.4, -0.2) is 39.9 Å². The van der Waals surface area contributed by atoms with Gasteiger partial charge >= 0.3 is 6.03 Å². The Morgan fingerprint density at radius 3 is 2.62 bits per heavy atom. The lowest BCUT2D eigenvalue weighted by molar-refractivity contribution is -0.127. The molecule has 6 nitrogen and oxygen atoms in total. The van der Waals surface area contributed by atoms with Crippen molar-refractivity contribution in [2.24, 2.45) is 0 Å². The number of carbonyl (C=O) groups excluding carboxylic acids is 3. The molecule has 24 heavy (non-hydrogen) atoms. The van der Waals surface area contributed by atoms with E-state index in [9.17, 15) is 14.4 Å². The number of nitrogens with zero attached hydrogens (tertiary/aromatic N) is 1. The van der Waals surface area contributed by atoms with E-state index in [1.807, 2.05) is 30.3 Å². The molecule has 2 fully saturated rings. The van der Waals surface area contributed by atoms with Crippen molar-refractivity contribution < 1.29 is 14.4 Å². The minimum absolute atomic E-state index is 0.145. The van der Waals surface area contributed by atoms with Gasteiger partial charge in [0.25, 0.3) is 5.24 Å². The van der Waals surface area contributed by atoms with Gasteiger partial charge in [-0.25, -0.2) is 4.79 Å². The van der Waals surface area contributed by atoms with Crippen LogP contribution in [0, 0.1) is 0 Å². The number of rotatable bonds is 4. The van der Waals surface area contributed by atoms with E-state index >= 15 is 0 Å². The molecule has 1 aromatic carbocycles. The van der Waals surface area contributed by atoms with E-state index in [1.54, 1.807) is 0 Å². The van der Waals surface area contributed by atoms with Crippen LogP contribution >= 0.6 is 11.8 Å². The molecule has 0 unspecified atom stereocenters. The molecule has 2 aliphatic rings. The summed E-state index contributed by atoms with van der Waals surface area (Å²) in [6.45, 7) is 0.446. The standard InChI is InChI=1S/C17H21N3O3S/c21-15-11-24-17(23)20(15)14-9-5-4-8-13(14)19-16(22)18-10-12-6-2-1-3-7-12/h1-3,6-7,13-14H,4-5,8-11H2,(H2,18,19,22)/t13-,14-/m0/s1. The van der Waals surface area contributed by atoms with Crippen molar-refractivity contribution in [2.45, 2.75) is 44.3 Å². The molecular formula is C17H21N3O3S. The van der Waals surface area contributed by atoms with Gasteiger partial charge in [0, 0.05) is 6.54 Å². The minimum atomic E-state index is -0.262. The molecule has 4 amide bonds. The zero-order chi connectivity index (χ0) is 16.9. The van der Waals surface area contributed by atoms with Crippen molar-refractivity contribution in [3.8, 4) is 0 Å². The van der Waals surface area contributed by atoms with E-state index < -0.39 is 0 Å². The van der Waals surface area contributed by atoms with Crippen LogP contribution in [0.4, 0.5) is 9.59 Å². The maximum atomic E-state index is 12.2. The summed E-state index contributed by atoms with van der Waals surface area (Å²) in [4.78, 5) is 37.5. The van der Waals surface area contributed by atoms with Crippen LogP contribution in [0.25, 0.3) is 0 Å². The minimum Gasteiger partial charge on any atom is -0.334 e. The predicted molar refractivity (Wildman–Crippen MR) is 92.6 cm³/mol. The summed E-state index contributed by atoms with van der Waals surface area (Å²) in [7, 11) is 0. The third kappa shape index (κ3) is 3.90. The van der Waals surface area contributed by atoms with Crippen LogP contribution in [0.3, 0.4) is 0 Å². The molecule has 0 bridgehead atoms. The third-order valence-electron chi connectivity index (χ3n) is 4.46. The molecule has 1 aliphatic carbocycles. The van der Waals surface area contributed by atoms with Crippen LogP contribution in [-0.2, 0) is 11.3 Å². The second-order valence-electron chi connectivity index (χ2n) is 6.09. The molecular weight excluding hydrogens is 326 g/mol. The summed E-state index contributed by atoms with van der Waals surface area (Å²) >= 11 is 1.04. The largest absolute Gasteiger partial charge is 0.334 e. The second-order valence-corrected chi connectivity index (χ2v) is 7.02. The number of hydrogen-bond donors (Lipinski definition) is 2. The number of imide groups is 1. The third-order valence-corrected chi connectivity index (χ3v) is 5.29. The van der Waals surface area contributed by atoms with Gasteiger partial charge in [0.05, 0.1) is 17.8 Å². The second kappa shape index (κ2) is 7.70. The van der Waals surface area contributed by atoms with Crippen LogP contribution in [0.1, 0.15) is 31.2 Å². The molecule has 7 heteroatoms. The molecule has 0 radical (unpaired) electrons. The maximum Gasteiger partial charge on any atom is 0.315 e. The Kier molecular flexibility index (Phi) is 5.40. The predicted octanol–water partition coefficient (Wildman–Crippen LogP) is 2.49. The van der Waals surface area contributed by atoms with Crippen molar-refractivity contribution in [2.75, 3.05) is 5.75 Å². The fourth-order valence-corrected chi connectivity index (χ4v) is 4.03. The van der Waals surface area contributed by atoms with Crippen molar-refractivity contribution in [1.29, 1.82) is 0 Å². The van der Waals surface area contributed by atoms with Crippen LogP contribution in [0.15, 0.2) is 30.3 Å². The molecule has 2 atom stereocenters. The Morgan fingerprint density at radius 1 is 1.17 bits per heavy atom. The lowest BCUT2D eigenvalue weighted by Crippen LogP contribution is -2.56.